The highest BCUT2D eigenvalue weighted by Crippen LogP contribution is 2.44. The number of hydrogen-bond acceptors (Lipinski definition) is 8. The third-order valence-electron chi connectivity index (χ3n) is 4.43. The first-order chi connectivity index (χ1) is 14.5. The Morgan fingerprint density at radius 2 is 1.70 bits per heavy atom. The third kappa shape index (κ3) is 4.48. The lowest BCUT2D eigenvalue weighted by atomic mass is 10.1. The SMILES string of the molecule is COc1cc([C@H](C[N+](=O)[O-])Sc2nnc(C)n2-c2ccccc2)cc(OC)c1OC. The van der Waals surface area contributed by atoms with Gasteiger partial charge in [0.15, 0.2) is 16.7 Å². The smallest absolute Gasteiger partial charge is 0.220 e. The fourth-order valence-electron chi connectivity index (χ4n) is 3.05. The van der Waals surface area contributed by atoms with Crippen LogP contribution in [0.15, 0.2) is 47.6 Å². The van der Waals surface area contributed by atoms with Crippen LogP contribution in [0, 0.1) is 17.0 Å². The fourth-order valence-corrected chi connectivity index (χ4v) is 4.21. The van der Waals surface area contributed by atoms with Gasteiger partial charge in [0.25, 0.3) is 0 Å². The van der Waals surface area contributed by atoms with Gasteiger partial charge in [-0.2, -0.15) is 0 Å². The van der Waals surface area contributed by atoms with E-state index >= 15 is 0 Å². The number of para-hydroxylation sites is 1. The molecule has 2 aromatic carbocycles. The van der Waals surface area contributed by atoms with E-state index in [4.69, 9.17) is 14.2 Å². The standard InChI is InChI=1S/C20H22N4O5S/c1-13-21-22-20(24(13)15-8-6-5-7-9-15)30-18(12-23(25)26)14-10-16(27-2)19(29-4)17(11-14)28-3/h5-11,18H,12H2,1-4H3/t18-/m0/s1. The third-order valence-corrected chi connectivity index (χ3v) is 5.61. The van der Waals surface area contributed by atoms with Crippen LogP contribution < -0.4 is 14.2 Å². The molecule has 0 amide bonds. The van der Waals surface area contributed by atoms with E-state index in [2.05, 4.69) is 10.2 Å². The van der Waals surface area contributed by atoms with Crippen LogP contribution in [0.1, 0.15) is 16.6 Å². The van der Waals surface area contributed by atoms with Crippen LogP contribution in [0.4, 0.5) is 0 Å². The van der Waals surface area contributed by atoms with Crippen molar-refractivity contribution in [2.75, 3.05) is 27.9 Å². The number of nitro groups is 1. The molecular weight excluding hydrogens is 408 g/mol. The number of benzene rings is 2. The number of hydrogen-bond donors (Lipinski definition) is 0. The maximum atomic E-state index is 11.4. The van der Waals surface area contributed by atoms with E-state index < -0.39 is 5.25 Å². The Morgan fingerprint density at radius 1 is 1.07 bits per heavy atom. The minimum Gasteiger partial charge on any atom is -0.493 e. The van der Waals surface area contributed by atoms with Crippen LogP contribution in [0.5, 0.6) is 17.2 Å². The normalized spacial score (nSPS) is 11.7. The maximum absolute atomic E-state index is 11.4. The molecule has 0 aliphatic rings. The van der Waals surface area contributed by atoms with Crippen LogP contribution in [0.2, 0.25) is 0 Å². The summed E-state index contributed by atoms with van der Waals surface area (Å²) < 4.78 is 18.0. The Labute approximate surface area is 178 Å². The molecule has 1 heterocycles. The minimum atomic E-state index is -0.556. The Hall–Kier alpha value is -3.27. The van der Waals surface area contributed by atoms with Gasteiger partial charge in [0.05, 0.1) is 21.3 Å². The van der Waals surface area contributed by atoms with E-state index in [9.17, 15) is 10.1 Å². The monoisotopic (exact) mass is 430 g/mol. The number of aryl methyl sites for hydroxylation is 1. The van der Waals surface area contributed by atoms with Gasteiger partial charge in [0.2, 0.25) is 12.3 Å². The summed E-state index contributed by atoms with van der Waals surface area (Å²) in [5.74, 6) is 1.98. The molecule has 0 radical (unpaired) electrons. The predicted octanol–water partition coefficient (Wildman–Crippen LogP) is 3.71. The van der Waals surface area contributed by atoms with E-state index in [1.807, 2.05) is 41.8 Å². The summed E-state index contributed by atoms with van der Waals surface area (Å²) in [5, 5.41) is 19.8. The van der Waals surface area contributed by atoms with Crippen molar-refractivity contribution in [3.63, 3.8) is 0 Å². The van der Waals surface area contributed by atoms with Crippen LogP contribution >= 0.6 is 11.8 Å². The van der Waals surface area contributed by atoms with Crippen LogP contribution in [-0.4, -0.2) is 47.6 Å². The minimum absolute atomic E-state index is 0.315. The molecule has 9 nitrogen and oxygen atoms in total. The van der Waals surface area contributed by atoms with Crippen molar-refractivity contribution in [1.29, 1.82) is 0 Å². The molecule has 0 N–H and O–H groups in total. The van der Waals surface area contributed by atoms with Crippen molar-refractivity contribution in [3.05, 3.63) is 64.0 Å². The van der Waals surface area contributed by atoms with Crippen molar-refractivity contribution in [2.45, 2.75) is 17.3 Å². The zero-order valence-corrected chi connectivity index (χ0v) is 17.9. The first-order valence-electron chi connectivity index (χ1n) is 9.04. The molecular formula is C20H22N4O5S. The zero-order valence-electron chi connectivity index (χ0n) is 17.1. The van der Waals surface area contributed by atoms with Crippen LogP contribution in [0.25, 0.3) is 5.69 Å². The van der Waals surface area contributed by atoms with Gasteiger partial charge in [-0.25, -0.2) is 0 Å². The second kappa shape index (κ2) is 9.49. The second-order valence-electron chi connectivity index (χ2n) is 6.28. The highest BCUT2D eigenvalue weighted by molar-refractivity contribution is 7.99. The summed E-state index contributed by atoms with van der Waals surface area (Å²) in [6, 6.07) is 13.1. The van der Waals surface area contributed by atoms with Crippen molar-refractivity contribution < 1.29 is 19.1 Å². The first kappa shape index (κ1) is 21.4. The Morgan fingerprint density at radius 3 is 2.23 bits per heavy atom. The Balaban J connectivity index is 2.05. The van der Waals surface area contributed by atoms with E-state index in [0.29, 0.717) is 33.8 Å². The molecule has 0 aliphatic heterocycles. The molecule has 0 aliphatic carbocycles. The van der Waals surface area contributed by atoms with Gasteiger partial charge in [0, 0.05) is 10.6 Å². The van der Waals surface area contributed by atoms with Gasteiger partial charge in [-0.3, -0.25) is 14.7 Å². The van der Waals surface area contributed by atoms with E-state index in [1.54, 1.807) is 12.1 Å². The topological polar surface area (TPSA) is 102 Å². The quantitative estimate of drug-likeness (QED) is 0.288. The lowest BCUT2D eigenvalue weighted by Crippen LogP contribution is -2.12. The predicted molar refractivity (Wildman–Crippen MR) is 113 cm³/mol. The number of aromatic nitrogens is 3. The molecule has 1 atom stereocenters. The molecule has 0 saturated heterocycles. The molecule has 1 aromatic heterocycles. The van der Waals surface area contributed by atoms with Crippen molar-refractivity contribution in [2.24, 2.45) is 0 Å². The summed E-state index contributed by atoms with van der Waals surface area (Å²) in [6.07, 6.45) is 0. The Bertz CT molecular complexity index is 1000. The molecule has 0 unspecified atom stereocenters. The summed E-state index contributed by atoms with van der Waals surface area (Å²) in [6.45, 7) is 1.52. The van der Waals surface area contributed by atoms with E-state index in [1.165, 1.54) is 33.1 Å². The molecule has 3 aromatic rings. The average Bonchev–Trinajstić information content (AvgIpc) is 3.12. The number of rotatable bonds is 9. The highest BCUT2D eigenvalue weighted by atomic mass is 32.2. The van der Waals surface area contributed by atoms with Gasteiger partial charge in [-0.1, -0.05) is 30.0 Å². The molecule has 158 valence electrons. The largest absolute Gasteiger partial charge is 0.493 e. The molecule has 0 bridgehead atoms. The van der Waals surface area contributed by atoms with E-state index in [-0.39, 0.29) is 11.5 Å². The Kier molecular flexibility index (Phi) is 6.78. The number of ether oxygens (including phenoxy) is 3. The molecule has 0 saturated carbocycles. The molecule has 10 heteroatoms. The van der Waals surface area contributed by atoms with Gasteiger partial charge in [0.1, 0.15) is 11.1 Å². The van der Waals surface area contributed by atoms with Gasteiger partial charge in [-0.05, 0) is 36.8 Å². The zero-order chi connectivity index (χ0) is 21.7. The van der Waals surface area contributed by atoms with E-state index in [0.717, 1.165) is 5.69 Å². The first-order valence-corrected chi connectivity index (χ1v) is 9.92. The summed E-state index contributed by atoms with van der Waals surface area (Å²) >= 11 is 1.26. The summed E-state index contributed by atoms with van der Waals surface area (Å²) in [4.78, 5) is 11.1. The maximum Gasteiger partial charge on any atom is 0.220 e. The molecule has 30 heavy (non-hydrogen) atoms. The number of nitrogens with zero attached hydrogens (tertiary/aromatic N) is 4. The van der Waals surface area contributed by atoms with Gasteiger partial charge in [-0.15, -0.1) is 10.2 Å². The van der Waals surface area contributed by atoms with Crippen molar-refractivity contribution >= 4 is 11.8 Å². The number of methoxy groups -OCH3 is 3. The van der Waals surface area contributed by atoms with Crippen LogP contribution in [-0.2, 0) is 0 Å². The number of thioether (sulfide) groups is 1. The fraction of sp³-hybridized carbons (Fsp3) is 0.300. The van der Waals surface area contributed by atoms with Gasteiger partial charge >= 0.3 is 0 Å². The summed E-state index contributed by atoms with van der Waals surface area (Å²) in [7, 11) is 4.52. The molecule has 3 rings (SSSR count). The van der Waals surface area contributed by atoms with Crippen molar-refractivity contribution in [1.82, 2.24) is 14.8 Å². The van der Waals surface area contributed by atoms with Crippen molar-refractivity contribution in [3.8, 4) is 22.9 Å². The average molecular weight is 430 g/mol. The molecule has 0 fully saturated rings. The summed E-state index contributed by atoms with van der Waals surface area (Å²) in [5.41, 5.74) is 1.54. The van der Waals surface area contributed by atoms with Crippen LogP contribution in [0.3, 0.4) is 0 Å². The lowest BCUT2D eigenvalue weighted by molar-refractivity contribution is -0.479. The lowest BCUT2D eigenvalue weighted by Gasteiger charge is -2.18. The second-order valence-corrected chi connectivity index (χ2v) is 7.45. The van der Waals surface area contributed by atoms with Gasteiger partial charge < -0.3 is 14.2 Å². The molecule has 0 spiro atoms. The highest BCUT2D eigenvalue weighted by Gasteiger charge is 2.26.